The predicted octanol–water partition coefficient (Wildman–Crippen LogP) is 16.9. The summed E-state index contributed by atoms with van der Waals surface area (Å²) in [5.74, 6) is 2.90. The summed E-state index contributed by atoms with van der Waals surface area (Å²) < 4.78 is 17.8. The molecular weight excluding hydrogens is 1180 g/mol. The number of benzene rings is 9. The molecule has 2 saturated heterocycles. The van der Waals surface area contributed by atoms with Crippen LogP contribution in [0.5, 0.6) is 28.7 Å². The molecule has 478 valence electrons. The number of carbonyl (C=O) groups excluding carboxylic acids is 4. The predicted molar refractivity (Wildman–Crippen MR) is 375 cm³/mol. The lowest BCUT2D eigenvalue weighted by Crippen LogP contribution is -2.37. The highest BCUT2D eigenvalue weighted by Gasteiger charge is 2.23. The Morgan fingerprint density at radius 3 is 1.73 bits per heavy atom. The van der Waals surface area contributed by atoms with Crippen LogP contribution in [0.4, 0.5) is 27.5 Å². The molecule has 9 aromatic carbocycles. The number of nitrogens with one attached hydrogen (secondary N) is 3. The summed E-state index contributed by atoms with van der Waals surface area (Å²) in [5.41, 5.74) is 20.2. The van der Waals surface area contributed by atoms with Crippen molar-refractivity contribution in [3.8, 4) is 51.0 Å². The maximum atomic E-state index is 13.7. The molecule has 11 rings (SSSR count). The first kappa shape index (κ1) is 67.4. The number of halogens is 1. The molecule has 0 saturated carbocycles. The van der Waals surface area contributed by atoms with Crippen molar-refractivity contribution in [3.63, 3.8) is 0 Å². The first-order valence-electron chi connectivity index (χ1n) is 31.5. The minimum absolute atomic E-state index is 0.0544. The van der Waals surface area contributed by atoms with Crippen LogP contribution in [0.15, 0.2) is 199 Å². The monoisotopic (exact) mass is 1260 g/mol. The molecule has 2 aliphatic heterocycles. The molecule has 93 heavy (non-hydrogen) atoms. The number of hydrogen-bond acceptors (Lipinski definition) is 11. The average molecular weight is 1270 g/mol. The van der Waals surface area contributed by atoms with Gasteiger partial charge in [0.05, 0.1) is 29.2 Å². The summed E-state index contributed by atoms with van der Waals surface area (Å²) in [6, 6.07) is 60.7. The van der Waals surface area contributed by atoms with Crippen molar-refractivity contribution in [1.29, 1.82) is 0 Å². The number of isocyanates is 1. The Hall–Kier alpha value is -10.0. The van der Waals surface area contributed by atoms with E-state index in [9.17, 15) is 19.2 Å². The Morgan fingerprint density at radius 1 is 0.570 bits per heavy atom. The van der Waals surface area contributed by atoms with Gasteiger partial charge in [-0.25, -0.2) is 9.59 Å². The van der Waals surface area contributed by atoms with E-state index in [1.807, 2.05) is 172 Å². The molecule has 2 fully saturated rings. The van der Waals surface area contributed by atoms with Crippen molar-refractivity contribution in [2.45, 2.75) is 66.8 Å². The van der Waals surface area contributed by atoms with E-state index in [-0.39, 0.29) is 11.8 Å². The second-order valence-electron chi connectivity index (χ2n) is 23.3. The molecule has 0 aliphatic carbocycles. The van der Waals surface area contributed by atoms with Crippen LogP contribution in [0.1, 0.15) is 79.8 Å². The minimum atomic E-state index is -0.436. The van der Waals surface area contributed by atoms with E-state index in [2.05, 4.69) is 43.7 Å². The van der Waals surface area contributed by atoms with Gasteiger partial charge in [0, 0.05) is 55.1 Å². The van der Waals surface area contributed by atoms with Crippen LogP contribution in [-0.2, 0) is 11.3 Å². The molecule has 9 aromatic rings. The van der Waals surface area contributed by atoms with Crippen LogP contribution in [-0.4, -0.2) is 98.1 Å². The van der Waals surface area contributed by atoms with Gasteiger partial charge in [0.15, 0.2) is 5.75 Å². The van der Waals surface area contributed by atoms with E-state index in [4.69, 9.17) is 31.5 Å². The number of aliphatic imine (C=N–C) groups is 1. The average Bonchev–Trinajstić information content (AvgIpc) is 2.21. The Bertz CT molecular complexity index is 4050. The fraction of sp³-hybridized carbons (Fsp3) is 0.247. The number of urea groups is 1. The van der Waals surface area contributed by atoms with Gasteiger partial charge in [-0.3, -0.25) is 9.59 Å². The molecule has 0 aromatic heterocycles. The Kier molecular flexibility index (Phi) is 24.2. The summed E-state index contributed by atoms with van der Waals surface area (Å²) in [5, 5.41) is 9.21. The van der Waals surface area contributed by atoms with Crippen molar-refractivity contribution in [2.24, 2.45) is 4.99 Å². The molecule has 0 bridgehead atoms. The molecule has 2 aliphatic rings. The third-order valence-corrected chi connectivity index (χ3v) is 16.8. The number of nitrogens with two attached hydrogens (primary N) is 1. The maximum Gasteiger partial charge on any atom is 0.323 e. The summed E-state index contributed by atoms with van der Waals surface area (Å²) in [6.45, 7) is 17.9. The van der Waals surface area contributed by atoms with Crippen LogP contribution < -0.4 is 35.9 Å². The van der Waals surface area contributed by atoms with Crippen molar-refractivity contribution in [2.75, 3.05) is 75.8 Å². The van der Waals surface area contributed by atoms with Crippen molar-refractivity contribution >= 4 is 58.3 Å². The first-order chi connectivity index (χ1) is 45.1. The van der Waals surface area contributed by atoms with Crippen molar-refractivity contribution in [3.05, 3.63) is 244 Å². The zero-order chi connectivity index (χ0) is 65.6. The SMILES string of the molecule is COc1cc(C)ccc1CN(CCN1CCCC1)C(=O)c1ccc(Oc2ccc(C)c(C)c2)c(N)c1.Cc1ccc(Oc2ccc(C(=O)NCCN3CCCC3)cc2NC(=O)Nc2ccc(-c3ccccc3)cc2)cc1C.O=C=Nc1ccc(-c2ccccc2)cc1Cl. The summed E-state index contributed by atoms with van der Waals surface area (Å²) >= 11 is 5.99. The molecule has 2 heterocycles. The lowest BCUT2D eigenvalue weighted by atomic mass is 10.1. The Balaban J connectivity index is 0.000000179. The summed E-state index contributed by atoms with van der Waals surface area (Å²) in [6.07, 6.45) is 6.34. The van der Waals surface area contributed by atoms with Crippen molar-refractivity contribution < 1.29 is 33.4 Å². The Morgan fingerprint density at radius 2 is 1.14 bits per heavy atom. The van der Waals surface area contributed by atoms with Gasteiger partial charge in [-0.15, -0.1) is 0 Å². The van der Waals surface area contributed by atoms with Gasteiger partial charge in [-0.2, -0.15) is 4.99 Å². The van der Waals surface area contributed by atoms with Crippen molar-refractivity contribution in [1.82, 2.24) is 20.0 Å². The van der Waals surface area contributed by atoms with Crippen LogP contribution in [0.2, 0.25) is 5.02 Å². The zero-order valence-electron chi connectivity index (χ0n) is 53.8. The zero-order valence-corrected chi connectivity index (χ0v) is 54.5. The van der Waals surface area contributed by atoms with Crippen LogP contribution >= 0.6 is 11.6 Å². The minimum Gasteiger partial charge on any atom is -0.496 e. The van der Waals surface area contributed by atoms with Crippen LogP contribution in [0.3, 0.4) is 0 Å². The van der Waals surface area contributed by atoms with Gasteiger partial charge < -0.3 is 50.6 Å². The number of amides is 4. The number of aryl methyl sites for hydroxylation is 5. The van der Waals surface area contributed by atoms with Gasteiger partial charge in [0.1, 0.15) is 23.0 Å². The van der Waals surface area contributed by atoms with Gasteiger partial charge in [0.25, 0.3) is 11.8 Å². The number of likely N-dealkylation sites (tertiary alicyclic amines) is 2. The molecule has 0 unspecified atom stereocenters. The number of anilines is 3. The van der Waals surface area contributed by atoms with Gasteiger partial charge in [-0.05, 0) is 228 Å². The quantitative estimate of drug-likeness (QED) is 0.0326. The van der Waals surface area contributed by atoms with E-state index >= 15 is 0 Å². The number of ether oxygens (including phenoxy) is 3. The van der Waals surface area contributed by atoms with Gasteiger partial charge >= 0.3 is 6.03 Å². The number of nitrogen functional groups attached to an aromatic ring is 1. The highest BCUT2D eigenvalue weighted by atomic mass is 35.5. The number of nitrogens with zero attached hydrogens (tertiary/aromatic N) is 4. The second-order valence-corrected chi connectivity index (χ2v) is 23.7. The van der Waals surface area contributed by atoms with E-state index in [0.717, 1.165) is 101 Å². The standard InChI is InChI=1S/C34H36N4O3.C30H37N3O3.C13H8ClNO/c1-24-10-16-30(22-25(24)2)41-32-17-13-28(33(39)35-18-21-38-19-6-7-20-38)23-31(32)37-34(40)36-29-14-11-27(12-15-29)26-8-4-3-5-9-26;1-21-7-9-25(29(17-21)35-4)20-33(16-15-32-13-5-6-14-32)30(34)24-10-12-28(27(31)19-24)36-26-11-8-22(2)23(3)18-26;14-12-8-11(6-7-13(12)15-9-16)10-4-2-1-3-5-10/h3-5,8-17,22-23H,6-7,18-21H2,1-2H3,(H,35,39)(H2,36,37,40);7-12,17-19H,5-6,13-16,20,31H2,1-4H3;1-8H. The summed E-state index contributed by atoms with van der Waals surface area (Å²) in [4.78, 5) is 60.0. The van der Waals surface area contributed by atoms with Gasteiger partial charge in [0.2, 0.25) is 6.08 Å². The van der Waals surface area contributed by atoms with E-state index in [0.29, 0.717) is 75.8 Å². The van der Waals surface area contributed by atoms with E-state index in [1.54, 1.807) is 55.6 Å². The lowest BCUT2D eigenvalue weighted by Gasteiger charge is -2.27. The van der Waals surface area contributed by atoms with Crippen LogP contribution in [0.25, 0.3) is 22.3 Å². The maximum absolute atomic E-state index is 13.7. The topological polar surface area (TPSA) is 180 Å². The fourth-order valence-corrected chi connectivity index (χ4v) is 11.1. The van der Waals surface area contributed by atoms with Gasteiger partial charge in [-0.1, -0.05) is 115 Å². The second kappa shape index (κ2) is 33.3. The molecule has 15 nitrogen and oxygen atoms in total. The lowest BCUT2D eigenvalue weighted by molar-refractivity contribution is 0.0725. The molecule has 0 radical (unpaired) electrons. The largest absolute Gasteiger partial charge is 0.496 e. The van der Waals surface area contributed by atoms with Crippen LogP contribution in [0, 0.1) is 34.6 Å². The third kappa shape index (κ3) is 19.5. The molecule has 0 spiro atoms. The molecule has 0 atom stereocenters. The number of rotatable bonds is 20. The Labute approximate surface area is 551 Å². The van der Waals surface area contributed by atoms with E-state index < -0.39 is 6.03 Å². The smallest absolute Gasteiger partial charge is 0.323 e. The summed E-state index contributed by atoms with van der Waals surface area (Å²) in [7, 11) is 1.67. The first-order valence-corrected chi connectivity index (χ1v) is 31.8. The molecule has 4 amide bonds. The molecule has 5 N–H and O–H groups in total. The normalized spacial score (nSPS) is 12.6. The molecule has 16 heteroatoms. The highest BCUT2D eigenvalue weighted by molar-refractivity contribution is 6.33. The van der Waals surface area contributed by atoms with E-state index in [1.165, 1.54) is 37.3 Å². The number of methoxy groups -OCH3 is 1. The highest BCUT2D eigenvalue weighted by Crippen LogP contribution is 2.35. The number of hydrogen-bond donors (Lipinski definition) is 4. The number of carbonyl (C=O) groups is 3. The third-order valence-electron chi connectivity index (χ3n) is 16.5. The molecular formula is C77H81ClN8O7. The fourth-order valence-electron chi connectivity index (χ4n) is 10.9.